The molecule has 1 aliphatic rings. The monoisotopic (exact) mass is 504 g/mol. The van der Waals surface area contributed by atoms with Crippen LogP contribution in [-0.2, 0) is 15.1 Å². The number of amides is 1. The van der Waals surface area contributed by atoms with Crippen molar-refractivity contribution in [1.29, 1.82) is 0 Å². The van der Waals surface area contributed by atoms with E-state index in [0.29, 0.717) is 46.1 Å². The van der Waals surface area contributed by atoms with E-state index >= 15 is 0 Å². The molecule has 4 rings (SSSR count). The first-order chi connectivity index (χ1) is 16.1. The van der Waals surface area contributed by atoms with Crippen LogP contribution in [0.1, 0.15) is 46.9 Å². The SMILES string of the molecule is COc1cc2[nH]c(C(=O)NC3(c4ccc(C(C(=O)O)C(C)C)cc4)COC3)c(C)c2c(Cl)c1Cl. The average Bonchev–Trinajstić information content (AvgIpc) is 3.09. The number of carboxylic acids is 1. The average molecular weight is 505 g/mol. The van der Waals surface area contributed by atoms with Crippen LogP contribution in [0.25, 0.3) is 10.9 Å². The van der Waals surface area contributed by atoms with Crippen molar-refractivity contribution in [3.63, 3.8) is 0 Å². The number of carboxylic acid groups (broad SMARTS) is 1. The fraction of sp³-hybridized carbons (Fsp3) is 0.360. The standard InChI is InChI=1S/C25H26Cl2N2O5/c1-12(2)18(24(31)32)14-5-7-15(8-6-14)25(10-34-11-25)29-23(30)22-13(3)19-16(28-22)9-17(33-4)20(26)21(19)27/h5-9,12,18,28H,10-11H2,1-4H3,(H,29,30)(H,31,32). The van der Waals surface area contributed by atoms with E-state index in [2.05, 4.69) is 10.3 Å². The van der Waals surface area contributed by atoms with Gasteiger partial charge in [0.05, 0.1) is 36.8 Å². The minimum atomic E-state index is -0.859. The maximum atomic E-state index is 13.3. The molecule has 0 radical (unpaired) electrons. The van der Waals surface area contributed by atoms with Crippen molar-refractivity contribution >= 4 is 46.0 Å². The molecular weight excluding hydrogens is 479 g/mol. The third-order valence-electron chi connectivity index (χ3n) is 6.43. The molecule has 3 N–H and O–H groups in total. The van der Waals surface area contributed by atoms with Crippen LogP contribution < -0.4 is 10.1 Å². The summed E-state index contributed by atoms with van der Waals surface area (Å²) < 4.78 is 10.7. The highest BCUT2D eigenvalue weighted by Crippen LogP contribution is 2.41. The number of aryl methyl sites for hydroxylation is 1. The number of benzene rings is 2. The molecule has 1 saturated heterocycles. The largest absolute Gasteiger partial charge is 0.495 e. The third kappa shape index (κ3) is 4.02. The Morgan fingerprint density at radius 2 is 1.82 bits per heavy atom. The van der Waals surface area contributed by atoms with Gasteiger partial charge in [0.2, 0.25) is 0 Å². The molecule has 1 amide bonds. The van der Waals surface area contributed by atoms with Gasteiger partial charge in [-0.25, -0.2) is 0 Å². The Hall–Kier alpha value is -2.74. The number of aromatic amines is 1. The van der Waals surface area contributed by atoms with Gasteiger partial charge in [-0.15, -0.1) is 0 Å². The van der Waals surface area contributed by atoms with Crippen molar-refractivity contribution in [1.82, 2.24) is 10.3 Å². The smallest absolute Gasteiger partial charge is 0.311 e. The molecule has 2 heterocycles. The van der Waals surface area contributed by atoms with E-state index in [1.807, 2.05) is 38.1 Å². The zero-order chi connectivity index (χ0) is 24.8. The number of nitrogens with one attached hydrogen (secondary N) is 2. The van der Waals surface area contributed by atoms with E-state index < -0.39 is 17.4 Å². The number of methoxy groups -OCH3 is 1. The molecule has 0 bridgehead atoms. The number of carbonyl (C=O) groups is 2. The predicted octanol–water partition coefficient (Wildman–Crippen LogP) is 5.27. The van der Waals surface area contributed by atoms with Crippen LogP contribution in [0, 0.1) is 12.8 Å². The second-order valence-electron chi connectivity index (χ2n) is 8.97. The molecule has 180 valence electrons. The van der Waals surface area contributed by atoms with E-state index in [4.69, 9.17) is 32.7 Å². The lowest BCUT2D eigenvalue weighted by atomic mass is 9.84. The fourth-order valence-corrected chi connectivity index (χ4v) is 5.08. The van der Waals surface area contributed by atoms with Crippen LogP contribution in [0.5, 0.6) is 5.75 Å². The number of ether oxygens (including phenoxy) is 2. The summed E-state index contributed by atoms with van der Waals surface area (Å²) in [6, 6.07) is 9.04. The van der Waals surface area contributed by atoms with Crippen LogP contribution in [0.3, 0.4) is 0 Å². The molecule has 7 nitrogen and oxygen atoms in total. The highest BCUT2D eigenvalue weighted by atomic mass is 35.5. The van der Waals surface area contributed by atoms with Crippen molar-refractivity contribution in [3.05, 3.63) is 62.8 Å². The van der Waals surface area contributed by atoms with E-state index in [1.54, 1.807) is 13.0 Å². The normalized spacial score (nSPS) is 15.7. The van der Waals surface area contributed by atoms with Gasteiger partial charge in [-0.1, -0.05) is 61.3 Å². The fourth-order valence-electron chi connectivity index (χ4n) is 4.52. The number of aliphatic carboxylic acids is 1. The molecule has 1 unspecified atom stereocenters. The first-order valence-corrected chi connectivity index (χ1v) is 11.6. The summed E-state index contributed by atoms with van der Waals surface area (Å²) in [5.74, 6) is -1.40. The summed E-state index contributed by atoms with van der Waals surface area (Å²) in [6.07, 6.45) is 0. The maximum absolute atomic E-state index is 13.3. The van der Waals surface area contributed by atoms with E-state index in [-0.39, 0.29) is 16.8 Å². The summed E-state index contributed by atoms with van der Waals surface area (Å²) >= 11 is 12.8. The molecular formula is C25H26Cl2N2O5. The molecule has 1 fully saturated rings. The molecule has 1 aliphatic heterocycles. The Bertz CT molecular complexity index is 1260. The van der Waals surface area contributed by atoms with Crippen molar-refractivity contribution < 1.29 is 24.2 Å². The number of fused-ring (bicyclic) bond motifs is 1. The summed E-state index contributed by atoms with van der Waals surface area (Å²) in [4.78, 5) is 28.2. The Morgan fingerprint density at radius 1 is 1.18 bits per heavy atom. The zero-order valence-corrected chi connectivity index (χ0v) is 20.8. The Labute approximate surface area is 207 Å². The number of halogens is 2. The second kappa shape index (κ2) is 9.13. The lowest BCUT2D eigenvalue weighted by molar-refractivity contribution is -0.139. The summed E-state index contributed by atoms with van der Waals surface area (Å²) in [7, 11) is 1.50. The van der Waals surface area contributed by atoms with Gasteiger partial charge in [-0.2, -0.15) is 0 Å². The minimum Gasteiger partial charge on any atom is -0.495 e. The summed E-state index contributed by atoms with van der Waals surface area (Å²) in [5.41, 5.74) is 2.55. The lowest BCUT2D eigenvalue weighted by Gasteiger charge is -2.42. The predicted molar refractivity (Wildman–Crippen MR) is 131 cm³/mol. The highest BCUT2D eigenvalue weighted by Gasteiger charge is 2.42. The molecule has 0 saturated carbocycles. The van der Waals surface area contributed by atoms with Crippen LogP contribution in [-0.4, -0.2) is 42.3 Å². The van der Waals surface area contributed by atoms with Crippen LogP contribution in [0.4, 0.5) is 0 Å². The van der Waals surface area contributed by atoms with E-state index in [1.165, 1.54) is 7.11 Å². The molecule has 34 heavy (non-hydrogen) atoms. The first kappa shape index (κ1) is 24.4. The van der Waals surface area contributed by atoms with Gasteiger partial charge in [0.25, 0.3) is 5.91 Å². The highest BCUT2D eigenvalue weighted by molar-refractivity contribution is 6.46. The van der Waals surface area contributed by atoms with Gasteiger partial charge in [0, 0.05) is 11.5 Å². The lowest BCUT2D eigenvalue weighted by Crippen LogP contribution is -2.59. The van der Waals surface area contributed by atoms with Gasteiger partial charge in [0.15, 0.2) is 0 Å². The van der Waals surface area contributed by atoms with Crippen molar-refractivity contribution in [2.24, 2.45) is 5.92 Å². The topological polar surface area (TPSA) is 101 Å². The van der Waals surface area contributed by atoms with Gasteiger partial charge in [-0.05, 0) is 29.5 Å². The number of aromatic nitrogens is 1. The van der Waals surface area contributed by atoms with Gasteiger partial charge >= 0.3 is 5.97 Å². The number of H-pyrrole nitrogens is 1. The molecule has 1 aromatic heterocycles. The third-order valence-corrected chi connectivity index (χ3v) is 7.28. The maximum Gasteiger partial charge on any atom is 0.311 e. The number of carbonyl (C=O) groups excluding carboxylic acids is 1. The summed E-state index contributed by atoms with van der Waals surface area (Å²) in [6.45, 7) is 6.19. The Balaban J connectivity index is 1.65. The minimum absolute atomic E-state index is 0.0482. The molecule has 1 atom stereocenters. The van der Waals surface area contributed by atoms with Gasteiger partial charge in [0.1, 0.15) is 22.0 Å². The van der Waals surface area contributed by atoms with E-state index in [0.717, 1.165) is 11.1 Å². The molecule has 2 aromatic carbocycles. The second-order valence-corrected chi connectivity index (χ2v) is 9.72. The van der Waals surface area contributed by atoms with Crippen LogP contribution in [0.2, 0.25) is 10.0 Å². The van der Waals surface area contributed by atoms with Crippen molar-refractivity contribution in [2.75, 3.05) is 20.3 Å². The molecule has 3 aromatic rings. The Morgan fingerprint density at radius 3 is 2.32 bits per heavy atom. The molecule has 0 aliphatic carbocycles. The van der Waals surface area contributed by atoms with Crippen molar-refractivity contribution in [3.8, 4) is 5.75 Å². The van der Waals surface area contributed by atoms with Gasteiger partial charge in [-0.3, -0.25) is 9.59 Å². The number of hydrogen-bond donors (Lipinski definition) is 3. The summed E-state index contributed by atoms with van der Waals surface area (Å²) in [5, 5.41) is 13.9. The molecule has 9 heteroatoms. The number of rotatable bonds is 7. The van der Waals surface area contributed by atoms with Gasteiger partial charge < -0.3 is 24.9 Å². The number of hydrogen-bond acceptors (Lipinski definition) is 4. The first-order valence-electron chi connectivity index (χ1n) is 10.9. The zero-order valence-electron chi connectivity index (χ0n) is 19.3. The molecule has 0 spiro atoms. The Kier molecular flexibility index (Phi) is 6.55. The van der Waals surface area contributed by atoms with E-state index in [9.17, 15) is 14.7 Å². The van der Waals surface area contributed by atoms with Crippen LogP contribution in [0.15, 0.2) is 30.3 Å². The quantitative estimate of drug-likeness (QED) is 0.406. The van der Waals surface area contributed by atoms with Crippen LogP contribution >= 0.6 is 23.2 Å². The van der Waals surface area contributed by atoms with Crippen molar-refractivity contribution in [2.45, 2.75) is 32.2 Å².